The van der Waals surface area contributed by atoms with Gasteiger partial charge in [-0.3, -0.25) is 4.79 Å². The van der Waals surface area contributed by atoms with Crippen molar-refractivity contribution in [2.45, 2.75) is 45.8 Å². The van der Waals surface area contributed by atoms with Gasteiger partial charge in [0.25, 0.3) is 5.56 Å². The van der Waals surface area contributed by atoms with Crippen molar-refractivity contribution in [1.82, 2.24) is 4.57 Å². The molecule has 0 amide bonds. The van der Waals surface area contributed by atoms with Crippen molar-refractivity contribution < 1.29 is 9.47 Å². The topological polar surface area (TPSA) is 64.2 Å². The predicted molar refractivity (Wildman–Crippen MR) is 110 cm³/mol. The van der Waals surface area contributed by atoms with Gasteiger partial charge in [-0.1, -0.05) is 31.5 Å². The van der Waals surface area contributed by atoms with Crippen molar-refractivity contribution >= 4 is 11.6 Å². The van der Waals surface area contributed by atoms with E-state index in [0.29, 0.717) is 42.0 Å². The first kappa shape index (κ1) is 20.4. The van der Waals surface area contributed by atoms with Gasteiger partial charge >= 0.3 is 0 Å². The maximum Gasteiger partial charge on any atom is 0.269 e. The highest BCUT2D eigenvalue weighted by Crippen LogP contribution is 2.32. The molecule has 1 aromatic heterocycles. The molecule has 28 heavy (non-hydrogen) atoms. The number of nitrogens with zero attached hydrogens (tertiary/aromatic N) is 2. The molecule has 0 spiro atoms. The van der Waals surface area contributed by atoms with Crippen LogP contribution in [0.15, 0.2) is 35.3 Å². The number of halogens is 1. The fourth-order valence-electron chi connectivity index (χ4n) is 3.23. The van der Waals surface area contributed by atoms with Crippen molar-refractivity contribution in [1.29, 1.82) is 5.26 Å². The normalized spacial score (nSPS) is 14.8. The van der Waals surface area contributed by atoms with Gasteiger partial charge in [0.2, 0.25) is 0 Å². The molecule has 2 aromatic rings. The summed E-state index contributed by atoms with van der Waals surface area (Å²) in [5, 5.41) is 10.0. The predicted octanol–water partition coefficient (Wildman–Crippen LogP) is 4.64. The number of ether oxygens (including phenoxy) is 2. The molecule has 1 aromatic carbocycles. The number of aryl methyl sites for hydroxylation is 1. The molecular weight excluding hydrogens is 376 g/mol. The fraction of sp³-hybridized carbons (Fsp3) is 0.455. The summed E-state index contributed by atoms with van der Waals surface area (Å²) in [6.07, 6.45) is 4.41. The Morgan fingerprint density at radius 1 is 1.32 bits per heavy atom. The molecule has 1 fully saturated rings. The maximum absolute atomic E-state index is 12.7. The second-order valence-corrected chi connectivity index (χ2v) is 7.88. The van der Waals surface area contributed by atoms with Gasteiger partial charge in [0, 0.05) is 31.1 Å². The average molecular weight is 401 g/mol. The van der Waals surface area contributed by atoms with Gasteiger partial charge in [-0.05, 0) is 36.1 Å². The maximum atomic E-state index is 12.7. The second kappa shape index (κ2) is 9.27. The Balaban J connectivity index is 1.86. The first-order valence-electron chi connectivity index (χ1n) is 9.67. The fourth-order valence-corrected chi connectivity index (χ4v) is 3.46. The van der Waals surface area contributed by atoms with Crippen LogP contribution < -0.4 is 10.3 Å². The number of hydrogen-bond donors (Lipinski definition) is 0. The van der Waals surface area contributed by atoms with Crippen LogP contribution in [-0.2, 0) is 11.3 Å². The molecule has 5 nitrogen and oxygen atoms in total. The summed E-state index contributed by atoms with van der Waals surface area (Å²) in [6, 6.07) is 9.28. The third-order valence-electron chi connectivity index (χ3n) is 4.93. The molecule has 1 aliphatic rings. The minimum Gasteiger partial charge on any atom is -0.489 e. The zero-order valence-electron chi connectivity index (χ0n) is 16.3. The van der Waals surface area contributed by atoms with Gasteiger partial charge in [-0.15, -0.1) is 0 Å². The highest BCUT2D eigenvalue weighted by Gasteiger charge is 2.18. The van der Waals surface area contributed by atoms with Crippen LogP contribution in [0.3, 0.4) is 0 Å². The smallest absolute Gasteiger partial charge is 0.269 e. The molecule has 0 atom stereocenters. The quantitative estimate of drug-likeness (QED) is 0.708. The van der Waals surface area contributed by atoms with Crippen LogP contribution in [0.25, 0.3) is 11.1 Å². The lowest BCUT2D eigenvalue weighted by molar-refractivity contribution is 0.0256. The Morgan fingerprint density at radius 3 is 2.71 bits per heavy atom. The lowest BCUT2D eigenvalue weighted by Gasteiger charge is -2.24. The van der Waals surface area contributed by atoms with Crippen LogP contribution in [0.2, 0.25) is 5.02 Å². The summed E-state index contributed by atoms with van der Waals surface area (Å²) in [7, 11) is 0. The van der Waals surface area contributed by atoms with Crippen LogP contribution in [0, 0.1) is 17.2 Å². The van der Waals surface area contributed by atoms with Gasteiger partial charge in [0.15, 0.2) is 0 Å². The number of nitriles is 1. The molecule has 3 rings (SSSR count). The van der Waals surface area contributed by atoms with Crippen molar-refractivity contribution in [2.24, 2.45) is 5.92 Å². The summed E-state index contributed by atoms with van der Waals surface area (Å²) in [5.74, 6) is 1.10. The van der Waals surface area contributed by atoms with Gasteiger partial charge in [0.1, 0.15) is 23.5 Å². The molecule has 6 heteroatoms. The Morgan fingerprint density at radius 2 is 2.07 bits per heavy atom. The van der Waals surface area contributed by atoms with Crippen molar-refractivity contribution in [2.75, 3.05) is 13.2 Å². The van der Waals surface area contributed by atoms with E-state index in [0.717, 1.165) is 24.8 Å². The Bertz CT molecular complexity index is 924. The van der Waals surface area contributed by atoms with Crippen molar-refractivity contribution in [3.05, 3.63) is 51.4 Å². The molecule has 0 unspecified atom stereocenters. The van der Waals surface area contributed by atoms with E-state index in [4.69, 9.17) is 21.1 Å². The van der Waals surface area contributed by atoms with E-state index >= 15 is 0 Å². The molecule has 0 saturated carbocycles. The highest BCUT2D eigenvalue weighted by atomic mass is 35.5. The van der Waals surface area contributed by atoms with Crippen molar-refractivity contribution in [3.8, 4) is 22.9 Å². The first-order valence-corrected chi connectivity index (χ1v) is 10.0. The minimum absolute atomic E-state index is 0.0941. The Kier molecular flexibility index (Phi) is 6.77. The Hall–Kier alpha value is -2.29. The molecule has 148 valence electrons. The van der Waals surface area contributed by atoms with Crippen LogP contribution in [0.1, 0.15) is 38.7 Å². The van der Waals surface area contributed by atoms with E-state index in [1.54, 1.807) is 22.9 Å². The average Bonchev–Trinajstić information content (AvgIpc) is 2.69. The molecule has 2 heterocycles. The zero-order chi connectivity index (χ0) is 20.1. The van der Waals surface area contributed by atoms with Gasteiger partial charge in [0.05, 0.1) is 18.2 Å². The SMILES string of the molecule is CC(C)CCn1ccc(-c2ccc(OC3CCOCC3)c(Cl)c2)c(C#N)c1=O. The van der Waals surface area contributed by atoms with Gasteiger partial charge < -0.3 is 14.0 Å². The van der Waals surface area contributed by atoms with E-state index in [1.807, 2.05) is 12.1 Å². The monoisotopic (exact) mass is 400 g/mol. The summed E-state index contributed by atoms with van der Waals surface area (Å²) < 4.78 is 12.9. The van der Waals surface area contributed by atoms with Crippen LogP contribution in [-0.4, -0.2) is 23.9 Å². The summed E-state index contributed by atoms with van der Waals surface area (Å²) in [5.41, 5.74) is 1.20. The number of hydrogen-bond acceptors (Lipinski definition) is 4. The molecule has 0 aliphatic carbocycles. The highest BCUT2D eigenvalue weighted by molar-refractivity contribution is 6.32. The standard InChI is InChI=1S/C22H25ClN2O3/c1-15(2)5-9-25-10-6-18(19(14-24)22(25)26)16-3-4-21(20(23)13-16)28-17-7-11-27-12-8-17/h3-4,6,10,13,15,17H,5,7-9,11-12H2,1-2H3. The number of pyridine rings is 1. The van der Waals surface area contributed by atoms with E-state index < -0.39 is 0 Å². The molecule has 0 bridgehead atoms. The van der Waals surface area contributed by atoms with E-state index in [1.165, 1.54) is 0 Å². The first-order chi connectivity index (χ1) is 13.5. The van der Waals surface area contributed by atoms with Crippen LogP contribution in [0.5, 0.6) is 5.75 Å². The molecule has 0 radical (unpaired) electrons. The summed E-state index contributed by atoms with van der Waals surface area (Å²) >= 11 is 6.43. The Labute approximate surface area is 170 Å². The molecular formula is C22H25ClN2O3. The number of rotatable bonds is 6. The molecule has 0 N–H and O–H groups in total. The largest absolute Gasteiger partial charge is 0.489 e. The molecule has 1 aliphatic heterocycles. The van der Waals surface area contributed by atoms with E-state index in [2.05, 4.69) is 19.9 Å². The third kappa shape index (κ3) is 4.76. The lowest BCUT2D eigenvalue weighted by Crippen LogP contribution is -2.26. The van der Waals surface area contributed by atoms with Crippen LogP contribution >= 0.6 is 11.6 Å². The minimum atomic E-state index is -0.265. The lowest BCUT2D eigenvalue weighted by atomic mass is 10.0. The zero-order valence-corrected chi connectivity index (χ0v) is 17.0. The van der Waals surface area contributed by atoms with Crippen molar-refractivity contribution in [3.63, 3.8) is 0 Å². The molecule has 1 saturated heterocycles. The summed E-state index contributed by atoms with van der Waals surface area (Å²) in [6.45, 7) is 6.20. The number of aromatic nitrogens is 1. The van der Waals surface area contributed by atoms with Crippen LogP contribution in [0.4, 0.5) is 0 Å². The van der Waals surface area contributed by atoms with E-state index in [9.17, 15) is 10.1 Å². The number of benzene rings is 1. The van der Waals surface area contributed by atoms with E-state index in [-0.39, 0.29) is 17.2 Å². The second-order valence-electron chi connectivity index (χ2n) is 7.47. The van der Waals surface area contributed by atoms with Gasteiger partial charge in [-0.2, -0.15) is 5.26 Å². The third-order valence-corrected chi connectivity index (χ3v) is 5.22. The van der Waals surface area contributed by atoms with Gasteiger partial charge in [-0.25, -0.2) is 0 Å². The summed E-state index contributed by atoms with van der Waals surface area (Å²) in [4.78, 5) is 12.7.